The van der Waals surface area contributed by atoms with Gasteiger partial charge in [0.05, 0.1) is 30.5 Å². The second-order valence-electron chi connectivity index (χ2n) is 9.09. The highest BCUT2D eigenvalue weighted by Crippen LogP contribution is 2.30. The van der Waals surface area contributed by atoms with Gasteiger partial charge in [-0.15, -0.1) is 5.10 Å². The minimum Gasteiger partial charge on any atom is -0.494 e. The van der Waals surface area contributed by atoms with E-state index in [0.29, 0.717) is 42.6 Å². The molecule has 1 aromatic heterocycles. The number of carbonyl (C=O) groups is 1. The molecule has 1 fully saturated rings. The fourth-order valence-electron chi connectivity index (χ4n) is 4.23. The number of aromatic amines is 1. The number of fused-ring (bicyclic) bond motifs is 1. The topological polar surface area (TPSA) is 192 Å². The summed E-state index contributed by atoms with van der Waals surface area (Å²) in [6.07, 6.45) is -5.68. The SMILES string of the molecule is NCCCOc1ccc(CCNC(=O)Cc2cccc3[nH]nc(O[C@@H]4O[C@H](CO)[C@@H](O)[C@H](O)[C@H]4O)c23)cc1. The highest BCUT2D eigenvalue weighted by atomic mass is 16.7. The first-order valence-corrected chi connectivity index (χ1v) is 12.5. The summed E-state index contributed by atoms with van der Waals surface area (Å²) in [5.74, 6) is 0.641. The number of aliphatic hydroxyl groups excluding tert-OH is 4. The van der Waals surface area contributed by atoms with Gasteiger partial charge in [-0.25, -0.2) is 0 Å². The van der Waals surface area contributed by atoms with Crippen LogP contribution in [0.25, 0.3) is 10.9 Å². The van der Waals surface area contributed by atoms with Crippen molar-refractivity contribution < 1.29 is 39.4 Å². The molecule has 1 aliphatic rings. The summed E-state index contributed by atoms with van der Waals surface area (Å²) in [6, 6.07) is 13.0. The van der Waals surface area contributed by atoms with Crippen molar-refractivity contribution in [2.75, 3.05) is 26.3 Å². The van der Waals surface area contributed by atoms with E-state index in [1.165, 1.54) is 0 Å². The van der Waals surface area contributed by atoms with Gasteiger partial charge in [0, 0.05) is 6.54 Å². The van der Waals surface area contributed by atoms with Crippen LogP contribution in [-0.4, -0.2) is 93.5 Å². The van der Waals surface area contributed by atoms with E-state index in [1.54, 1.807) is 18.2 Å². The molecule has 3 aromatic rings. The number of nitrogens with zero attached hydrogens (tertiary/aromatic N) is 1. The molecule has 4 rings (SSSR count). The smallest absolute Gasteiger partial charge is 0.243 e. The lowest BCUT2D eigenvalue weighted by Gasteiger charge is -2.39. The molecule has 0 bridgehead atoms. The maximum atomic E-state index is 12.7. The van der Waals surface area contributed by atoms with E-state index in [1.807, 2.05) is 24.3 Å². The van der Waals surface area contributed by atoms with E-state index in [2.05, 4.69) is 15.5 Å². The Kier molecular flexibility index (Phi) is 9.50. The third kappa shape index (κ3) is 6.59. The molecule has 12 nitrogen and oxygen atoms in total. The van der Waals surface area contributed by atoms with Crippen molar-refractivity contribution >= 4 is 16.8 Å². The maximum Gasteiger partial charge on any atom is 0.243 e. The van der Waals surface area contributed by atoms with Crippen LogP contribution in [-0.2, 0) is 22.4 Å². The van der Waals surface area contributed by atoms with E-state index in [9.17, 15) is 25.2 Å². The van der Waals surface area contributed by atoms with Gasteiger partial charge in [-0.3, -0.25) is 9.89 Å². The van der Waals surface area contributed by atoms with Gasteiger partial charge < -0.3 is 45.7 Å². The van der Waals surface area contributed by atoms with Gasteiger partial charge in [-0.2, -0.15) is 0 Å². The summed E-state index contributed by atoms with van der Waals surface area (Å²) in [6.45, 7) is 1.02. The molecule has 12 heteroatoms. The summed E-state index contributed by atoms with van der Waals surface area (Å²) in [4.78, 5) is 12.7. The van der Waals surface area contributed by atoms with Crippen LogP contribution >= 0.6 is 0 Å². The normalized spacial score (nSPS) is 23.3. The van der Waals surface area contributed by atoms with Crippen LogP contribution in [0.3, 0.4) is 0 Å². The van der Waals surface area contributed by atoms with Crippen LogP contribution in [0.5, 0.6) is 11.6 Å². The van der Waals surface area contributed by atoms with Crippen molar-refractivity contribution in [2.45, 2.75) is 50.0 Å². The fourth-order valence-corrected chi connectivity index (χ4v) is 4.23. The lowest BCUT2D eigenvalue weighted by molar-refractivity contribution is -0.277. The molecular weight excluding hydrogens is 496 g/mol. The quantitative estimate of drug-likeness (QED) is 0.148. The molecule has 8 N–H and O–H groups in total. The molecule has 1 saturated heterocycles. The molecule has 206 valence electrons. The third-order valence-electron chi connectivity index (χ3n) is 6.35. The first-order valence-electron chi connectivity index (χ1n) is 12.5. The van der Waals surface area contributed by atoms with Crippen molar-refractivity contribution in [2.24, 2.45) is 5.73 Å². The van der Waals surface area contributed by atoms with Gasteiger partial charge in [0.2, 0.25) is 18.1 Å². The zero-order valence-electron chi connectivity index (χ0n) is 20.8. The lowest BCUT2D eigenvalue weighted by atomic mass is 9.99. The van der Waals surface area contributed by atoms with Crippen molar-refractivity contribution in [3.8, 4) is 11.6 Å². The molecule has 5 atom stereocenters. The predicted molar refractivity (Wildman–Crippen MR) is 137 cm³/mol. The van der Waals surface area contributed by atoms with Crippen LogP contribution in [0.4, 0.5) is 0 Å². The molecule has 0 radical (unpaired) electrons. The molecule has 38 heavy (non-hydrogen) atoms. The predicted octanol–water partition coefficient (Wildman–Crippen LogP) is -0.629. The summed E-state index contributed by atoms with van der Waals surface area (Å²) in [5.41, 5.74) is 7.76. The van der Waals surface area contributed by atoms with Crippen LogP contribution in [0.15, 0.2) is 42.5 Å². The zero-order valence-corrected chi connectivity index (χ0v) is 20.8. The number of benzene rings is 2. The molecule has 0 saturated carbocycles. The summed E-state index contributed by atoms with van der Waals surface area (Å²) in [7, 11) is 0. The number of amides is 1. The summed E-state index contributed by atoms with van der Waals surface area (Å²) < 4.78 is 16.8. The summed E-state index contributed by atoms with van der Waals surface area (Å²) in [5, 5.41) is 50.1. The van der Waals surface area contributed by atoms with Gasteiger partial charge in [-0.05, 0) is 48.7 Å². The van der Waals surface area contributed by atoms with E-state index in [-0.39, 0.29) is 18.2 Å². The molecule has 2 aromatic carbocycles. The Morgan fingerprint density at radius 3 is 2.63 bits per heavy atom. The molecule has 0 spiro atoms. The number of ether oxygens (including phenoxy) is 3. The van der Waals surface area contributed by atoms with Gasteiger partial charge in [0.1, 0.15) is 30.2 Å². The Bertz CT molecular complexity index is 1190. The lowest BCUT2D eigenvalue weighted by Crippen LogP contribution is -2.60. The first kappa shape index (κ1) is 27.8. The highest BCUT2D eigenvalue weighted by Gasteiger charge is 2.45. The second-order valence-corrected chi connectivity index (χ2v) is 9.09. The minimum atomic E-state index is -1.58. The Morgan fingerprint density at radius 1 is 1.11 bits per heavy atom. The van der Waals surface area contributed by atoms with Crippen molar-refractivity contribution in [1.29, 1.82) is 0 Å². The van der Waals surface area contributed by atoms with E-state index < -0.39 is 37.3 Å². The number of carbonyl (C=O) groups excluding carboxylic acids is 1. The molecule has 1 aliphatic heterocycles. The van der Waals surface area contributed by atoms with Gasteiger partial charge in [0.15, 0.2) is 0 Å². The maximum absolute atomic E-state index is 12.7. The van der Waals surface area contributed by atoms with Crippen LogP contribution < -0.4 is 20.5 Å². The Hall–Kier alpha value is -3.26. The van der Waals surface area contributed by atoms with Crippen molar-refractivity contribution in [1.82, 2.24) is 15.5 Å². The fraction of sp³-hybridized carbons (Fsp3) is 0.462. The number of aromatic nitrogens is 2. The van der Waals surface area contributed by atoms with Gasteiger partial charge in [0.25, 0.3) is 0 Å². The van der Waals surface area contributed by atoms with Crippen LogP contribution in [0.1, 0.15) is 17.5 Å². The zero-order chi connectivity index (χ0) is 27.1. The Labute approximate surface area is 219 Å². The highest BCUT2D eigenvalue weighted by molar-refractivity contribution is 5.91. The van der Waals surface area contributed by atoms with E-state index >= 15 is 0 Å². The molecule has 2 heterocycles. The number of hydrogen-bond acceptors (Lipinski definition) is 10. The van der Waals surface area contributed by atoms with Gasteiger partial charge >= 0.3 is 0 Å². The number of aliphatic hydroxyl groups is 4. The third-order valence-corrected chi connectivity index (χ3v) is 6.35. The van der Waals surface area contributed by atoms with Gasteiger partial charge in [-0.1, -0.05) is 24.3 Å². The van der Waals surface area contributed by atoms with E-state index in [4.69, 9.17) is 19.9 Å². The van der Waals surface area contributed by atoms with Crippen LogP contribution in [0.2, 0.25) is 0 Å². The first-order chi connectivity index (χ1) is 18.4. The molecule has 0 aliphatic carbocycles. The number of H-pyrrole nitrogens is 1. The summed E-state index contributed by atoms with van der Waals surface area (Å²) >= 11 is 0. The number of nitrogens with one attached hydrogen (secondary N) is 2. The van der Waals surface area contributed by atoms with Crippen molar-refractivity contribution in [3.05, 3.63) is 53.6 Å². The minimum absolute atomic E-state index is 0.0514. The Balaban J connectivity index is 1.36. The number of nitrogens with two attached hydrogens (primary N) is 1. The standard InChI is InChI=1S/C26H34N4O8/c27-10-2-12-36-17-7-5-15(6-8-17)9-11-28-20(32)13-16-3-1-4-18-21(16)25(30-29-18)38-26-24(35)23(34)22(33)19(14-31)37-26/h1,3-8,19,22-24,26,31,33-35H,2,9-14,27H2,(H,28,32)(H,29,30)/t19-,22-,23+,24-,26+/m1/s1. The van der Waals surface area contributed by atoms with E-state index in [0.717, 1.165) is 17.7 Å². The molecule has 1 amide bonds. The monoisotopic (exact) mass is 530 g/mol. The number of rotatable bonds is 12. The second kappa shape index (κ2) is 13.0. The Morgan fingerprint density at radius 2 is 1.89 bits per heavy atom. The van der Waals surface area contributed by atoms with Crippen molar-refractivity contribution in [3.63, 3.8) is 0 Å². The average Bonchev–Trinajstić information content (AvgIpc) is 3.33. The average molecular weight is 531 g/mol. The number of hydrogen-bond donors (Lipinski definition) is 7. The largest absolute Gasteiger partial charge is 0.494 e. The molecule has 0 unspecified atom stereocenters. The van der Waals surface area contributed by atoms with Crippen LogP contribution in [0, 0.1) is 0 Å². The molecular formula is C26H34N4O8.